The number of nitrogens with two attached hydrogens (primary N) is 1. The number of carbonyl (C=O) groups excluding carboxylic acids is 1. The summed E-state index contributed by atoms with van der Waals surface area (Å²) in [6, 6.07) is 7.95. The van der Waals surface area contributed by atoms with E-state index in [0.29, 0.717) is 5.92 Å². The molecule has 20 heavy (non-hydrogen) atoms. The van der Waals surface area contributed by atoms with Crippen molar-refractivity contribution in [3.63, 3.8) is 0 Å². The van der Waals surface area contributed by atoms with Crippen LogP contribution in [-0.4, -0.2) is 6.03 Å². The van der Waals surface area contributed by atoms with Gasteiger partial charge in [-0.3, -0.25) is 0 Å². The molecule has 1 aromatic rings. The summed E-state index contributed by atoms with van der Waals surface area (Å²) >= 11 is 0. The van der Waals surface area contributed by atoms with Gasteiger partial charge in [0.15, 0.2) is 0 Å². The summed E-state index contributed by atoms with van der Waals surface area (Å²) in [5.41, 5.74) is 7.74. The van der Waals surface area contributed by atoms with Gasteiger partial charge in [-0.05, 0) is 24.8 Å². The number of hydrogen-bond donors (Lipinski definition) is 2. The van der Waals surface area contributed by atoms with Crippen molar-refractivity contribution in [1.82, 2.24) is 5.32 Å². The Balaban J connectivity index is 2.85. The Labute approximate surface area is 122 Å². The minimum atomic E-state index is -0.440. The molecule has 0 radical (unpaired) electrons. The van der Waals surface area contributed by atoms with Gasteiger partial charge in [0.25, 0.3) is 0 Å². The summed E-state index contributed by atoms with van der Waals surface area (Å²) in [5.74, 6) is 0.441. The van der Waals surface area contributed by atoms with Gasteiger partial charge in [0, 0.05) is 0 Å². The lowest BCUT2D eigenvalue weighted by molar-refractivity contribution is 0.236. The van der Waals surface area contributed by atoms with Gasteiger partial charge in [0.05, 0.1) is 6.04 Å². The first-order valence-corrected chi connectivity index (χ1v) is 7.71. The molecule has 0 heterocycles. The lowest BCUT2D eigenvalue weighted by Crippen LogP contribution is -2.37. The second kappa shape index (κ2) is 8.62. The molecule has 0 aliphatic carbocycles. The number of rotatable bonds is 8. The molecule has 2 amide bonds. The van der Waals surface area contributed by atoms with E-state index in [0.717, 1.165) is 18.4 Å². The highest BCUT2D eigenvalue weighted by Crippen LogP contribution is 2.29. The van der Waals surface area contributed by atoms with E-state index < -0.39 is 6.03 Å². The highest BCUT2D eigenvalue weighted by molar-refractivity contribution is 5.72. The molecule has 0 aliphatic heterocycles. The van der Waals surface area contributed by atoms with Crippen LogP contribution >= 0.6 is 0 Å². The van der Waals surface area contributed by atoms with E-state index in [1.807, 2.05) is 0 Å². The Morgan fingerprint density at radius 2 is 1.85 bits per heavy atom. The number of aryl methyl sites for hydroxylation is 1. The van der Waals surface area contributed by atoms with Crippen molar-refractivity contribution in [2.24, 2.45) is 11.7 Å². The van der Waals surface area contributed by atoms with Crippen LogP contribution in [0.25, 0.3) is 0 Å². The predicted octanol–water partition coefficient (Wildman–Crippen LogP) is 4.31. The molecule has 3 nitrogen and oxygen atoms in total. The largest absolute Gasteiger partial charge is 0.352 e. The summed E-state index contributed by atoms with van der Waals surface area (Å²) in [4.78, 5) is 11.3. The van der Waals surface area contributed by atoms with Crippen LogP contribution in [0.2, 0.25) is 0 Å². The van der Waals surface area contributed by atoms with E-state index in [9.17, 15) is 4.79 Å². The van der Waals surface area contributed by atoms with Gasteiger partial charge in [-0.15, -0.1) is 0 Å². The molecule has 0 aromatic heterocycles. The van der Waals surface area contributed by atoms with E-state index in [2.05, 4.69) is 50.4 Å². The first kappa shape index (κ1) is 16.5. The second-order valence-electron chi connectivity index (χ2n) is 5.56. The summed E-state index contributed by atoms with van der Waals surface area (Å²) in [7, 11) is 0. The number of hydrogen-bond acceptors (Lipinski definition) is 1. The number of carbonyl (C=O) groups is 1. The summed E-state index contributed by atoms with van der Waals surface area (Å²) in [5, 5.41) is 2.93. The third kappa shape index (κ3) is 5.24. The van der Waals surface area contributed by atoms with Crippen molar-refractivity contribution in [3.05, 3.63) is 35.4 Å². The minimum absolute atomic E-state index is 0.0231. The molecular formula is C17H28N2O. The van der Waals surface area contributed by atoms with Crippen LogP contribution < -0.4 is 11.1 Å². The summed E-state index contributed by atoms with van der Waals surface area (Å²) in [6.07, 6.45) is 5.84. The minimum Gasteiger partial charge on any atom is -0.352 e. The van der Waals surface area contributed by atoms with E-state index in [-0.39, 0.29) is 6.04 Å². The molecule has 112 valence electrons. The Morgan fingerprint density at radius 1 is 1.20 bits per heavy atom. The number of nitrogens with one attached hydrogen (secondary N) is 1. The molecule has 0 fully saturated rings. The normalized spacial score (nSPS) is 13.8. The van der Waals surface area contributed by atoms with Crippen LogP contribution in [0.1, 0.15) is 63.1 Å². The van der Waals surface area contributed by atoms with Crippen LogP contribution in [0.4, 0.5) is 4.79 Å². The average molecular weight is 276 g/mol. The van der Waals surface area contributed by atoms with Crippen molar-refractivity contribution in [2.75, 3.05) is 0 Å². The molecule has 0 aliphatic rings. The van der Waals surface area contributed by atoms with Crippen molar-refractivity contribution < 1.29 is 4.79 Å². The monoisotopic (exact) mass is 276 g/mol. The number of benzene rings is 1. The molecule has 2 atom stereocenters. The van der Waals surface area contributed by atoms with Gasteiger partial charge in [-0.25, -0.2) is 4.79 Å². The Kier molecular flexibility index (Phi) is 7.13. The van der Waals surface area contributed by atoms with Crippen molar-refractivity contribution in [2.45, 2.75) is 58.9 Å². The third-order valence-corrected chi connectivity index (χ3v) is 3.91. The predicted molar refractivity (Wildman–Crippen MR) is 84.6 cm³/mol. The third-order valence-electron chi connectivity index (χ3n) is 3.91. The van der Waals surface area contributed by atoms with Gasteiger partial charge < -0.3 is 11.1 Å². The fourth-order valence-electron chi connectivity index (χ4n) is 2.66. The number of urea groups is 1. The number of amides is 2. The van der Waals surface area contributed by atoms with Crippen molar-refractivity contribution in [1.29, 1.82) is 0 Å². The summed E-state index contributed by atoms with van der Waals surface area (Å²) < 4.78 is 0. The molecule has 0 spiro atoms. The fourth-order valence-corrected chi connectivity index (χ4v) is 2.66. The highest BCUT2D eigenvalue weighted by Gasteiger charge is 2.22. The molecule has 3 heteroatoms. The van der Waals surface area contributed by atoms with Gasteiger partial charge in [-0.1, -0.05) is 69.4 Å². The molecule has 3 N–H and O–H groups in total. The van der Waals surface area contributed by atoms with Gasteiger partial charge in [0.1, 0.15) is 0 Å². The first-order chi connectivity index (χ1) is 9.58. The maximum Gasteiger partial charge on any atom is 0.312 e. The van der Waals surface area contributed by atoms with Gasteiger partial charge in [-0.2, -0.15) is 0 Å². The Bertz CT molecular complexity index is 400. The summed E-state index contributed by atoms with van der Waals surface area (Å²) in [6.45, 7) is 6.46. The molecule has 2 unspecified atom stereocenters. The second-order valence-corrected chi connectivity index (χ2v) is 5.56. The Hall–Kier alpha value is -1.51. The van der Waals surface area contributed by atoms with Crippen LogP contribution in [-0.2, 0) is 0 Å². The zero-order chi connectivity index (χ0) is 15.0. The standard InChI is InChI=1S/C17H28N2O/c1-4-6-7-8-14(5-2)16(19-17(18)20)15-11-9-13(3)10-12-15/h9-12,14,16H,4-8H2,1-3H3,(H3,18,19,20). The van der Waals surface area contributed by atoms with Crippen LogP contribution in [0.5, 0.6) is 0 Å². The van der Waals surface area contributed by atoms with Crippen LogP contribution in [0.15, 0.2) is 24.3 Å². The quantitative estimate of drug-likeness (QED) is 0.683. The molecular weight excluding hydrogens is 248 g/mol. The van der Waals surface area contributed by atoms with E-state index in [4.69, 9.17) is 5.73 Å². The molecule has 0 bridgehead atoms. The highest BCUT2D eigenvalue weighted by atomic mass is 16.2. The van der Waals surface area contributed by atoms with Crippen LogP contribution in [0, 0.1) is 12.8 Å². The number of primary amides is 1. The molecule has 0 saturated carbocycles. The zero-order valence-corrected chi connectivity index (χ0v) is 13.0. The molecule has 1 aromatic carbocycles. The smallest absolute Gasteiger partial charge is 0.312 e. The van der Waals surface area contributed by atoms with E-state index >= 15 is 0 Å². The van der Waals surface area contributed by atoms with Crippen molar-refractivity contribution in [3.8, 4) is 0 Å². The number of unbranched alkanes of at least 4 members (excludes halogenated alkanes) is 2. The average Bonchev–Trinajstić information content (AvgIpc) is 2.42. The van der Waals surface area contributed by atoms with Gasteiger partial charge in [0.2, 0.25) is 0 Å². The van der Waals surface area contributed by atoms with Gasteiger partial charge >= 0.3 is 6.03 Å². The zero-order valence-electron chi connectivity index (χ0n) is 13.0. The fraction of sp³-hybridized carbons (Fsp3) is 0.588. The SMILES string of the molecule is CCCCCC(CC)C(NC(N)=O)c1ccc(C)cc1. The molecule has 0 saturated heterocycles. The first-order valence-electron chi connectivity index (χ1n) is 7.71. The maximum absolute atomic E-state index is 11.3. The van der Waals surface area contributed by atoms with Crippen LogP contribution in [0.3, 0.4) is 0 Å². The topological polar surface area (TPSA) is 55.1 Å². The Morgan fingerprint density at radius 3 is 2.35 bits per heavy atom. The molecule has 1 rings (SSSR count). The lowest BCUT2D eigenvalue weighted by atomic mass is 9.86. The van der Waals surface area contributed by atoms with Crippen molar-refractivity contribution >= 4 is 6.03 Å². The van der Waals surface area contributed by atoms with E-state index in [1.54, 1.807) is 0 Å². The lowest BCUT2D eigenvalue weighted by Gasteiger charge is -2.27. The maximum atomic E-state index is 11.3. The van der Waals surface area contributed by atoms with E-state index in [1.165, 1.54) is 24.8 Å².